The lowest BCUT2D eigenvalue weighted by molar-refractivity contribution is -0.124. The second-order valence-corrected chi connectivity index (χ2v) is 3.84. The van der Waals surface area contributed by atoms with Crippen LogP contribution in [0.1, 0.15) is 26.7 Å². The number of hydrogen-bond acceptors (Lipinski definition) is 3. The number of nitrogens with one attached hydrogen (secondary N) is 2. The molecule has 15 heavy (non-hydrogen) atoms. The largest absolute Gasteiger partial charge is 0.359 e. The first-order valence-corrected chi connectivity index (χ1v) is 5.23. The minimum Gasteiger partial charge on any atom is -0.359 e. The summed E-state index contributed by atoms with van der Waals surface area (Å²) in [6, 6.07) is -0.468. The van der Waals surface area contributed by atoms with Gasteiger partial charge in [-0.25, -0.2) is 0 Å². The van der Waals surface area contributed by atoms with Crippen molar-refractivity contribution < 1.29 is 9.59 Å². The smallest absolute Gasteiger partial charge is 0.237 e. The standard InChI is InChI=1S/C10H21N3O2/c1-7(2)9(11)10(15)13-6-4-5-8(14)12-3/h7,9H,4-6,11H2,1-3H3,(H,12,14)(H,13,15). The molecule has 0 aliphatic heterocycles. The average Bonchev–Trinajstić information content (AvgIpc) is 2.22. The summed E-state index contributed by atoms with van der Waals surface area (Å²) in [5.41, 5.74) is 5.64. The van der Waals surface area contributed by atoms with Gasteiger partial charge in [0, 0.05) is 20.0 Å². The Labute approximate surface area is 90.8 Å². The number of carbonyl (C=O) groups excluding carboxylic acids is 2. The van der Waals surface area contributed by atoms with E-state index in [1.807, 2.05) is 13.8 Å². The van der Waals surface area contributed by atoms with Crippen molar-refractivity contribution in [3.05, 3.63) is 0 Å². The third kappa shape index (κ3) is 6.06. The molecule has 0 rings (SSSR count). The molecule has 88 valence electrons. The van der Waals surface area contributed by atoms with Crippen LogP contribution in [0.15, 0.2) is 0 Å². The summed E-state index contributed by atoms with van der Waals surface area (Å²) < 4.78 is 0. The summed E-state index contributed by atoms with van der Waals surface area (Å²) in [5.74, 6) is -0.0387. The molecule has 0 bridgehead atoms. The zero-order valence-corrected chi connectivity index (χ0v) is 9.67. The van der Waals surface area contributed by atoms with Crippen LogP contribution in [0.4, 0.5) is 0 Å². The highest BCUT2D eigenvalue weighted by Gasteiger charge is 2.16. The minimum atomic E-state index is -0.468. The normalized spacial score (nSPS) is 12.3. The topological polar surface area (TPSA) is 84.2 Å². The van der Waals surface area contributed by atoms with Gasteiger partial charge in [0.2, 0.25) is 11.8 Å². The van der Waals surface area contributed by atoms with E-state index in [2.05, 4.69) is 10.6 Å². The maximum atomic E-state index is 11.4. The Kier molecular flexibility index (Phi) is 6.70. The Hall–Kier alpha value is -1.10. The molecular weight excluding hydrogens is 194 g/mol. The number of hydrogen-bond donors (Lipinski definition) is 3. The molecule has 1 unspecified atom stereocenters. The Bertz CT molecular complexity index is 217. The van der Waals surface area contributed by atoms with Crippen molar-refractivity contribution >= 4 is 11.8 Å². The van der Waals surface area contributed by atoms with Gasteiger partial charge in [0.15, 0.2) is 0 Å². The number of amides is 2. The zero-order chi connectivity index (χ0) is 11.8. The lowest BCUT2D eigenvalue weighted by Gasteiger charge is -2.14. The Morgan fingerprint density at radius 1 is 1.33 bits per heavy atom. The third-order valence-electron chi connectivity index (χ3n) is 2.18. The Balaban J connectivity index is 3.60. The summed E-state index contributed by atoms with van der Waals surface area (Å²) in [6.07, 6.45) is 1.06. The molecule has 4 N–H and O–H groups in total. The highest BCUT2D eigenvalue weighted by atomic mass is 16.2. The number of carbonyl (C=O) groups is 2. The predicted molar refractivity (Wildman–Crippen MR) is 59.1 cm³/mol. The predicted octanol–water partition coefficient (Wildman–Crippen LogP) is -0.388. The van der Waals surface area contributed by atoms with Crippen molar-refractivity contribution in [2.45, 2.75) is 32.7 Å². The fraction of sp³-hybridized carbons (Fsp3) is 0.800. The molecule has 0 aliphatic rings. The first-order valence-electron chi connectivity index (χ1n) is 5.23. The molecule has 1 atom stereocenters. The van der Waals surface area contributed by atoms with Crippen molar-refractivity contribution in [3.63, 3.8) is 0 Å². The zero-order valence-electron chi connectivity index (χ0n) is 9.67. The fourth-order valence-corrected chi connectivity index (χ4v) is 1.01. The van der Waals surface area contributed by atoms with Crippen LogP contribution >= 0.6 is 0 Å². The van der Waals surface area contributed by atoms with Gasteiger partial charge in [0.05, 0.1) is 6.04 Å². The SMILES string of the molecule is CNC(=O)CCCNC(=O)C(N)C(C)C. The monoisotopic (exact) mass is 215 g/mol. The van der Waals surface area contributed by atoms with E-state index in [1.54, 1.807) is 7.05 Å². The van der Waals surface area contributed by atoms with E-state index in [9.17, 15) is 9.59 Å². The molecule has 0 spiro atoms. The third-order valence-corrected chi connectivity index (χ3v) is 2.18. The van der Waals surface area contributed by atoms with Crippen LogP contribution in [0.3, 0.4) is 0 Å². The molecule has 0 fully saturated rings. The van der Waals surface area contributed by atoms with Crippen LogP contribution in [0, 0.1) is 5.92 Å². The second-order valence-electron chi connectivity index (χ2n) is 3.84. The highest BCUT2D eigenvalue weighted by molar-refractivity contribution is 5.81. The van der Waals surface area contributed by atoms with E-state index in [0.717, 1.165) is 0 Å². The Morgan fingerprint density at radius 3 is 2.40 bits per heavy atom. The quantitative estimate of drug-likeness (QED) is 0.528. The summed E-state index contributed by atoms with van der Waals surface area (Å²) in [6.45, 7) is 4.29. The van der Waals surface area contributed by atoms with Crippen LogP contribution in [-0.4, -0.2) is 31.4 Å². The van der Waals surface area contributed by atoms with Crippen LogP contribution in [0.2, 0.25) is 0 Å². The molecule has 0 aliphatic carbocycles. The van der Waals surface area contributed by atoms with Crippen LogP contribution < -0.4 is 16.4 Å². The fourth-order valence-electron chi connectivity index (χ4n) is 1.01. The molecular formula is C10H21N3O2. The average molecular weight is 215 g/mol. The van der Waals surface area contributed by atoms with Crippen molar-refractivity contribution in [2.75, 3.05) is 13.6 Å². The summed E-state index contributed by atoms with van der Waals surface area (Å²) >= 11 is 0. The highest BCUT2D eigenvalue weighted by Crippen LogP contribution is 1.97. The van der Waals surface area contributed by atoms with E-state index >= 15 is 0 Å². The molecule has 0 radical (unpaired) electrons. The van der Waals surface area contributed by atoms with E-state index in [4.69, 9.17) is 5.73 Å². The molecule has 0 heterocycles. The van der Waals surface area contributed by atoms with Gasteiger partial charge in [-0.15, -0.1) is 0 Å². The van der Waals surface area contributed by atoms with Gasteiger partial charge in [0.25, 0.3) is 0 Å². The van der Waals surface area contributed by atoms with Crippen molar-refractivity contribution in [3.8, 4) is 0 Å². The van der Waals surface area contributed by atoms with Gasteiger partial charge in [-0.2, -0.15) is 0 Å². The lowest BCUT2D eigenvalue weighted by Crippen LogP contribution is -2.44. The first kappa shape index (κ1) is 13.9. The minimum absolute atomic E-state index is 0.0163. The first-order chi connectivity index (χ1) is 6.99. The van der Waals surface area contributed by atoms with Crippen molar-refractivity contribution in [1.82, 2.24) is 10.6 Å². The summed E-state index contributed by atoms with van der Waals surface area (Å²) in [5, 5.41) is 5.22. The van der Waals surface area contributed by atoms with Gasteiger partial charge >= 0.3 is 0 Å². The maximum Gasteiger partial charge on any atom is 0.237 e. The van der Waals surface area contributed by atoms with E-state index in [0.29, 0.717) is 19.4 Å². The van der Waals surface area contributed by atoms with Crippen molar-refractivity contribution in [1.29, 1.82) is 0 Å². The van der Waals surface area contributed by atoms with E-state index in [1.165, 1.54) is 0 Å². The van der Waals surface area contributed by atoms with Gasteiger partial charge < -0.3 is 16.4 Å². The summed E-state index contributed by atoms with van der Waals surface area (Å²) in [4.78, 5) is 22.2. The molecule has 0 saturated carbocycles. The number of nitrogens with two attached hydrogens (primary N) is 1. The van der Waals surface area contributed by atoms with Crippen molar-refractivity contribution in [2.24, 2.45) is 11.7 Å². The molecule has 0 aromatic heterocycles. The van der Waals surface area contributed by atoms with Crippen LogP contribution in [0.25, 0.3) is 0 Å². The van der Waals surface area contributed by atoms with Crippen LogP contribution in [0.5, 0.6) is 0 Å². The van der Waals surface area contributed by atoms with Gasteiger partial charge in [-0.05, 0) is 12.3 Å². The molecule has 2 amide bonds. The maximum absolute atomic E-state index is 11.4. The number of rotatable bonds is 6. The Morgan fingerprint density at radius 2 is 1.93 bits per heavy atom. The summed E-state index contributed by atoms with van der Waals surface area (Å²) in [7, 11) is 1.59. The van der Waals surface area contributed by atoms with Gasteiger partial charge in [-0.1, -0.05) is 13.8 Å². The van der Waals surface area contributed by atoms with E-state index in [-0.39, 0.29) is 17.7 Å². The molecule has 0 aromatic rings. The van der Waals surface area contributed by atoms with E-state index < -0.39 is 6.04 Å². The molecule has 0 aromatic carbocycles. The molecule has 5 heteroatoms. The molecule has 0 saturated heterocycles. The lowest BCUT2D eigenvalue weighted by atomic mass is 10.1. The van der Waals surface area contributed by atoms with Crippen LogP contribution in [-0.2, 0) is 9.59 Å². The van der Waals surface area contributed by atoms with Gasteiger partial charge in [0.1, 0.15) is 0 Å². The second kappa shape index (κ2) is 7.23. The van der Waals surface area contributed by atoms with Gasteiger partial charge in [-0.3, -0.25) is 9.59 Å². The molecule has 5 nitrogen and oxygen atoms in total.